The number of nitriles is 1. The van der Waals surface area contributed by atoms with Gasteiger partial charge in [0, 0.05) is 36.1 Å². The maximum atomic E-state index is 13.7. The van der Waals surface area contributed by atoms with Crippen molar-refractivity contribution in [2.75, 3.05) is 45.9 Å². The molecule has 232 valence electrons. The van der Waals surface area contributed by atoms with Gasteiger partial charge in [-0.1, -0.05) is 12.1 Å². The molecule has 0 saturated carbocycles. The molecule has 44 heavy (non-hydrogen) atoms. The number of quaternary nitrogens is 1. The van der Waals surface area contributed by atoms with Gasteiger partial charge in [-0.05, 0) is 55.7 Å². The number of methoxy groups -OCH3 is 1. The van der Waals surface area contributed by atoms with Gasteiger partial charge in [-0.15, -0.1) is 5.10 Å². The summed E-state index contributed by atoms with van der Waals surface area (Å²) < 4.78 is 53.5. The predicted molar refractivity (Wildman–Crippen MR) is 155 cm³/mol. The number of aromatic amines is 1. The number of allylic oxidation sites excluding steroid dienone is 1. The number of benzene rings is 2. The third-order valence-electron chi connectivity index (χ3n) is 8.24. The summed E-state index contributed by atoms with van der Waals surface area (Å²) in [5.74, 6) is -0.293. The van der Waals surface area contributed by atoms with Crippen molar-refractivity contribution in [2.45, 2.75) is 38.5 Å². The largest absolute Gasteiger partial charge is 0.466 e. The van der Waals surface area contributed by atoms with Crippen LogP contribution in [0.2, 0.25) is 0 Å². The second-order valence-corrected chi connectivity index (χ2v) is 11.8. The van der Waals surface area contributed by atoms with Crippen molar-refractivity contribution in [1.29, 1.82) is 5.26 Å². The monoisotopic (exact) mass is 611 g/mol. The van der Waals surface area contributed by atoms with Gasteiger partial charge in [0.15, 0.2) is 0 Å². The number of rotatable bonds is 7. The quantitative estimate of drug-likeness (QED) is 0.306. The van der Waals surface area contributed by atoms with Crippen LogP contribution in [0.4, 0.5) is 24.8 Å². The standard InChI is InChI=1S/C31H33F3N6O4/c1-19-26(28(41)43-4)27(39-29(36-37-30(39)42)38(19)24-7-5-6-23(15-24)31(32,33)34)25-9-8-21(16-35)14-22(25)18-40(2,3)17-20-10-12-44-13-11-20/h5-9,14-15,20,27H,10-13,17-18H2,1-4H3/p+1. The number of carbonyl (C=O) groups excluding carboxylic acids is 1. The molecule has 0 radical (unpaired) electrons. The highest BCUT2D eigenvalue weighted by Crippen LogP contribution is 2.44. The van der Waals surface area contributed by atoms with Gasteiger partial charge in [-0.25, -0.2) is 19.3 Å². The van der Waals surface area contributed by atoms with Crippen LogP contribution in [0.25, 0.3) is 0 Å². The molecule has 0 aliphatic carbocycles. The Hall–Kier alpha value is -4.41. The number of alkyl halides is 3. The number of fused-ring (bicyclic) bond motifs is 1. The van der Waals surface area contributed by atoms with Crippen LogP contribution in [-0.2, 0) is 27.0 Å². The van der Waals surface area contributed by atoms with Crippen LogP contribution in [0.1, 0.15) is 48.1 Å². The summed E-state index contributed by atoms with van der Waals surface area (Å²) >= 11 is 0. The number of hydrogen-bond acceptors (Lipinski definition) is 7. The normalized spacial score (nSPS) is 17.8. The third-order valence-corrected chi connectivity index (χ3v) is 8.24. The van der Waals surface area contributed by atoms with E-state index < -0.39 is 29.4 Å². The van der Waals surface area contributed by atoms with Crippen LogP contribution in [0.5, 0.6) is 0 Å². The first kappa shape index (κ1) is 31.0. The summed E-state index contributed by atoms with van der Waals surface area (Å²) in [5, 5.41) is 16.3. The number of H-pyrrole nitrogens is 1. The van der Waals surface area contributed by atoms with E-state index in [0.29, 0.717) is 41.3 Å². The Morgan fingerprint density at radius 1 is 1.20 bits per heavy atom. The Kier molecular flexibility index (Phi) is 8.42. The molecule has 1 unspecified atom stereocenters. The van der Waals surface area contributed by atoms with Crippen molar-refractivity contribution >= 4 is 17.6 Å². The van der Waals surface area contributed by atoms with Crippen LogP contribution in [-0.4, -0.2) is 66.2 Å². The summed E-state index contributed by atoms with van der Waals surface area (Å²) in [5.41, 5.74) is 0.542. The van der Waals surface area contributed by atoms with Crippen molar-refractivity contribution in [2.24, 2.45) is 5.92 Å². The van der Waals surface area contributed by atoms with E-state index >= 15 is 0 Å². The summed E-state index contributed by atoms with van der Waals surface area (Å²) in [4.78, 5) is 28.2. The Balaban J connectivity index is 1.68. The lowest BCUT2D eigenvalue weighted by atomic mass is 9.89. The summed E-state index contributed by atoms with van der Waals surface area (Å²) in [6.45, 7) is 4.33. The van der Waals surface area contributed by atoms with E-state index in [4.69, 9.17) is 9.47 Å². The highest BCUT2D eigenvalue weighted by molar-refractivity contribution is 5.93. The minimum Gasteiger partial charge on any atom is -0.466 e. The molecule has 13 heteroatoms. The summed E-state index contributed by atoms with van der Waals surface area (Å²) in [7, 11) is 5.38. The molecule has 1 atom stereocenters. The van der Waals surface area contributed by atoms with Crippen LogP contribution >= 0.6 is 0 Å². The molecule has 2 aliphatic heterocycles. The van der Waals surface area contributed by atoms with Crippen molar-refractivity contribution < 1.29 is 31.9 Å². The SMILES string of the molecule is COC(=O)C1=C(C)N(c2cccc(C(F)(F)F)c2)c2n[nH]c(=O)n2C1c1ccc(C#N)cc1C[N+](C)(C)CC1CCOCC1. The zero-order valence-electron chi connectivity index (χ0n) is 24.9. The summed E-state index contributed by atoms with van der Waals surface area (Å²) in [6.07, 6.45) is -2.72. The number of carbonyl (C=O) groups is 1. The maximum absolute atomic E-state index is 13.7. The number of esters is 1. The second kappa shape index (κ2) is 11.9. The van der Waals surface area contributed by atoms with Crippen LogP contribution in [0.15, 0.2) is 58.5 Å². The lowest BCUT2D eigenvalue weighted by Gasteiger charge is -2.38. The molecular formula is C31H34F3N6O4+. The first-order valence-corrected chi connectivity index (χ1v) is 14.2. The molecule has 5 rings (SSSR count). The number of ether oxygens (including phenoxy) is 2. The second-order valence-electron chi connectivity index (χ2n) is 11.8. The van der Waals surface area contributed by atoms with E-state index in [0.717, 1.165) is 37.1 Å². The van der Waals surface area contributed by atoms with E-state index in [2.05, 4.69) is 30.4 Å². The molecule has 0 bridgehead atoms. The zero-order chi connectivity index (χ0) is 31.8. The Labute approximate surface area is 252 Å². The number of halogens is 3. The van der Waals surface area contributed by atoms with Crippen molar-refractivity contribution in [3.63, 3.8) is 0 Å². The minimum atomic E-state index is -4.62. The van der Waals surface area contributed by atoms with Gasteiger partial charge >= 0.3 is 17.8 Å². The molecule has 2 aromatic carbocycles. The topological polar surface area (TPSA) is 113 Å². The Morgan fingerprint density at radius 2 is 1.93 bits per heavy atom. The highest BCUT2D eigenvalue weighted by atomic mass is 19.4. The van der Waals surface area contributed by atoms with E-state index in [-0.39, 0.29) is 22.9 Å². The molecule has 1 aromatic heterocycles. The molecule has 2 aliphatic rings. The van der Waals surface area contributed by atoms with Gasteiger partial charge in [-0.2, -0.15) is 18.4 Å². The van der Waals surface area contributed by atoms with Gasteiger partial charge in [-0.3, -0.25) is 4.90 Å². The number of nitrogens with one attached hydrogen (secondary N) is 1. The minimum absolute atomic E-state index is 0.00995. The van der Waals surface area contributed by atoms with E-state index in [1.165, 1.54) is 28.7 Å². The lowest BCUT2D eigenvalue weighted by Crippen LogP contribution is -2.44. The molecule has 1 saturated heterocycles. The molecule has 3 aromatic rings. The van der Waals surface area contributed by atoms with Crippen molar-refractivity contribution in [3.05, 3.63) is 86.5 Å². The van der Waals surface area contributed by atoms with Gasteiger partial charge < -0.3 is 14.0 Å². The number of nitrogens with zero attached hydrogens (tertiary/aromatic N) is 5. The fourth-order valence-electron chi connectivity index (χ4n) is 6.31. The Morgan fingerprint density at radius 3 is 2.59 bits per heavy atom. The van der Waals surface area contributed by atoms with Crippen LogP contribution in [0, 0.1) is 17.2 Å². The molecule has 3 heterocycles. The van der Waals surface area contributed by atoms with Gasteiger partial charge in [0.25, 0.3) is 0 Å². The summed E-state index contributed by atoms with van der Waals surface area (Å²) in [6, 6.07) is 10.8. The molecule has 1 N–H and O–H groups in total. The predicted octanol–water partition coefficient (Wildman–Crippen LogP) is 4.65. The first-order valence-electron chi connectivity index (χ1n) is 14.2. The smallest absolute Gasteiger partial charge is 0.416 e. The van der Waals surface area contributed by atoms with Crippen LogP contribution < -0.4 is 10.6 Å². The number of hydrogen-bond donors (Lipinski definition) is 1. The van der Waals surface area contributed by atoms with Gasteiger partial charge in [0.2, 0.25) is 5.95 Å². The van der Waals surface area contributed by atoms with Crippen LogP contribution in [0.3, 0.4) is 0 Å². The van der Waals surface area contributed by atoms with E-state index in [1.54, 1.807) is 25.1 Å². The average Bonchev–Trinajstić information content (AvgIpc) is 3.36. The average molecular weight is 612 g/mol. The molecule has 1 fully saturated rings. The zero-order valence-corrected chi connectivity index (χ0v) is 24.9. The van der Waals surface area contributed by atoms with Gasteiger partial charge in [0.05, 0.1) is 50.5 Å². The molecule has 0 amide bonds. The van der Waals surface area contributed by atoms with E-state index in [1.807, 2.05) is 0 Å². The van der Waals surface area contributed by atoms with Crippen molar-refractivity contribution in [3.8, 4) is 6.07 Å². The molecular weight excluding hydrogens is 577 g/mol. The number of anilines is 2. The highest BCUT2D eigenvalue weighted by Gasteiger charge is 2.41. The van der Waals surface area contributed by atoms with Crippen molar-refractivity contribution in [1.82, 2.24) is 14.8 Å². The lowest BCUT2D eigenvalue weighted by molar-refractivity contribution is -0.907. The number of aromatic nitrogens is 3. The fraction of sp³-hybridized carbons (Fsp3) is 0.419. The molecule has 0 spiro atoms. The van der Waals surface area contributed by atoms with Gasteiger partial charge in [0.1, 0.15) is 12.6 Å². The third kappa shape index (κ3) is 6.00. The first-order chi connectivity index (χ1) is 20.8. The fourth-order valence-corrected chi connectivity index (χ4v) is 6.31. The molecule has 10 nitrogen and oxygen atoms in total. The van der Waals surface area contributed by atoms with E-state index in [9.17, 15) is 28.0 Å². The maximum Gasteiger partial charge on any atom is 0.416 e. The Bertz CT molecular complexity index is 1690.